The van der Waals surface area contributed by atoms with Crippen LogP contribution in [0.1, 0.15) is 43.9 Å². The summed E-state index contributed by atoms with van der Waals surface area (Å²) < 4.78 is 5.06. The molecule has 0 unspecified atom stereocenters. The van der Waals surface area contributed by atoms with Crippen LogP contribution in [-0.2, 0) is 0 Å². The van der Waals surface area contributed by atoms with Gasteiger partial charge in [-0.3, -0.25) is 19.3 Å². The third kappa shape index (κ3) is 2.93. The van der Waals surface area contributed by atoms with Gasteiger partial charge in [-0.1, -0.05) is 12.1 Å². The number of fused-ring (bicyclic) bond motifs is 1. The Labute approximate surface area is 139 Å². The minimum atomic E-state index is -0.285. The van der Waals surface area contributed by atoms with E-state index in [2.05, 4.69) is 0 Å². The predicted octanol–water partition coefficient (Wildman–Crippen LogP) is 2.95. The molecule has 2 aromatic carbocycles. The van der Waals surface area contributed by atoms with E-state index in [4.69, 9.17) is 4.74 Å². The fraction of sp³-hybridized carbons (Fsp3) is 0.211. The van der Waals surface area contributed by atoms with E-state index < -0.39 is 0 Å². The topological polar surface area (TPSA) is 63.7 Å². The Bertz CT molecular complexity index is 760. The van der Waals surface area contributed by atoms with E-state index in [-0.39, 0.29) is 30.6 Å². The van der Waals surface area contributed by atoms with Crippen molar-refractivity contribution in [3.8, 4) is 5.75 Å². The fourth-order valence-electron chi connectivity index (χ4n) is 2.76. The molecule has 5 heteroatoms. The number of carbonyl (C=O) groups is 3. The highest BCUT2D eigenvalue weighted by molar-refractivity contribution is 6.21. The maximum atomic E-state index is 12.2. The van der Waals surface area contributed by atoms with E-state index in [0.29, 0.717) is 28.9 Å². The number of amides is 2. The molecule has 0 atom stereocenters. The van der Waals surface area contributed by atoms with Gasteiger partial charge in [0.1, 0.15) is 5.75 Å². The smallest absolute Gasteiger partial charge is 0.261 e. The van der Waals surface area contributed by atoms with Gasteiger partial charge in [0.15, 0.2) is 5.78 Å². The minimum absolute atomic E-state index is 0.0192. The summed E-state index contributed by atoms with van der Waals surface area (Å²) in [5, 5.41) is 0. The van der Waals surface area contributed by atoms with Crippen LogP contribution >= 0.6 is 0 Å². The van der Waals surface area contributed by atoms with Crippen LogP contribution in [0.4, 0.5) is 0 Å². The van der Waals surface area contributed by atoms with Gasteiger partial charge in [0.05, 0.1) is 18.2 Å². The maximum Gasteiger partial charge on any atom is 0.261 e. The molecule has 0 radical (unpaired) electrons. The molecule has 5 nitrogen and oxygen atoms in total. The SMILES string of the molecule is COc1ccc(C(=O)CCCN2C(=O)c3ccccc3C2=O)cc1. The van der Waals surface area contributed by atoms with Crippen LogP contribution in [0.3, 0.4) is 0 Å². The Morgan fingerprint density at radius 1 is 0.958 bits per heavy atom. The number of nitrogens with zero attached hydrogens (tertiary/aromatic N) is 1. The lowest BCUT2D eigenvalue weighted by Crippen LogP contribution is -2.31. The lowest BCUT2D eigenvalue weighted by Gasteiger charge is -2.13. The molecule has 24 heavy (non-hydrogen) atoms. The highest BCUT2D eigenvalue weighted by Gasteiger charge is 2.34. The zero-order valence-electron chi connectivity index (χ0n) is 13.3. The van der Waals surface area contributed by atoms with E-state index in [0.717, 1.165) is 0 Å². The molecule has 2 aromatic rings. The Morgan fingerprint density at radius 3 is 2.08 bits per heavy atom. The second-order valence-electron chi connectivity index (χ2n) is 5.56. The average Bonchev–Trinajstić information content (AvgIpc) is 2.87. The van der Waals surface area contributed by atoms with Crippen molar-refractivity contribution < 1.29 is 19.1 Å². The van der Waals surface area contributed by atoms with Crippen molar-refractivity contribution in [1.29, 1.82) is 0 Å². The van der Waals surface area contributed by atoms with Crippen LogP contribution in [0.2, 0.25) is 0 Å². The van der Waals surface area contributed by atoms with Crippen molar-refractivity contribution in [3.05, 3.63) is 65.2 Å². The Hall–Kier alpha value is -2.95. The molecule has 0 saturated heterocycles. The number of ketones is 1. The summed E-state index contributed by atoms with van der Waals surface area (Å²) in [6.07, 6.45) is 0.718. The van der Waals surface area contributed by atoms with E-state index in [1.807, 2.05) is 0 Å². The fourth-order valence-corrected chi connectivity index (χ4v) is 2.76. The molecular formula is C19H17NO4. The first-order valence-corrected chi connectivity index (χ1v) is 7.74. The van der Waals surface area contributed by atoms with E-state index in [9.17, 15) is 14.4 Å². The van der Waals surface area contributed by atoms with E-state index in [1.165, 1.54) is 4.90 Å². The standard InChI is InChI=1S/C19H17NO4/c1-24-14-10-8-13(9-11-14)17(21)7-4-12-20-18(22)15-5-2-3-6-16(15)19(20)23/h2-3,5-6,8-11H,4,7,12H2,1H3. The van der Waals surface area contributed by atoms with Gasteiger partial charge in [0.25, 0.3) is 11.8 Å². The molecule has 1 aliphatic heterocycles. The van der Waals surface area contributed by atoms with Crippen LogP contribution in [0.5, 0.6) is 5.75 Å². The van der Waals surface area contributed by atoms with Crippen LogP contribution in [0.15, 0.2) is 48.5 Å². The largest absolute Gasteiger partial charge is 0.497 e. The summed E-state index contributed by atoms with van der Waals surface area (Å²) in [6.45, 7) is 0.244. The lowest BCUT2D eigenvalue weighted by atomic mass is 10.1. The Balaban J connectivity index is 1.58. The van der Waals surface area contributed by atoms with Crippen molar-refractivity contribution in [2.45, 2.75) is 12.8 Å². The average molecular weight is 323 g/mol. The van der Waals surface area contributed by atoms with Crippen molar-refractivity contribution >= 4 is 17.6 Å². The highest BCUT2D eigenvalue weighted by atomic mass is 16.5. The second kappa shape index (κ2) is 6.66. The third-order valence-electron chi connectivity index (χ3n) is 4.08. The molecule has 0 saturated carbocycles. The highest BCUT2D eigenvalue weighted by Crippen LogP contribution is 2.23. The van der Waals surface area contributed by atoms with Crippen LogP contribution in [0, 0.1) is 0 Å². The quantitative estimate of drug-likeness (QED) is 0.605. The molecular weight excluding hydrogens is 306 g/mol. The zero-order valence-corrected chi connectivity index (χ0v) is 13.3. The second-order valence-corrected chi connectivity index (χ2v) is 5.56. The monoisotopic (exact) mass is 323 g/mol. The van der Waals surface area contributed by atoms with Gasteiger partial charge in [-0.2, -0.15) is 0 Å². The predicted molar refractivity (Wildman–Crippen MR) is 88.4 cm³/mol. The normalized spacial score (nSPS) is 13.1. The summed E-state index contributed by atoms with van der Waals surface area (Å²) in [4.78, 5) is 37.8. The zero-order chi connectivity index (χ0) is 17.1. The summed E-state index contributed by atoms with van der Waals surface area (Å²) >= 11 is 0. The third-order valence-corrected chi connectivity index (χ3v) is 4.08. The van der Waals surface area contributed by atoms with Crippen molar-refractivity contribution in [2.75, 3.05) is 13.7 Å². The molecule has 0 bridgehead atoms. The van der Waals surface area contributed by atoms with Crippen LogP contribution in [0.25, 0.3) is 0 Å². The maximum absolute atomic E-state index is 12.2. The molecule has 0 aromatic heterocycles. The van der Waals surface area contributed by atoms with Crippen LogP contribution < -0.4 is 4.74 Å². The van der Waals surface area contributed by atoms with Gasteiger partial charge in [0, 0.05) is 18.5 Å². The van der Waals surface area contributed by atoms with Gasteiger partial charge in [-0.25, -0.2) is 0 Å². The molecule has 0 fully saturated rings. The van der Waals surface area contributed by atoms with Gasteiger partial charge in [-0.05, 0) is 42.8 Å². The van der Waals surface area contributed by atoms with Gasteiger partial charge in [-0.15, -0.1) is 0 Å². The van der Waals surface area contributed by atoms with E-state index in [1.54, 1.807) is 55.6 Å². The summed E-state index contributed by atoms with van der Waals surface area (Å²) in [6, 6.07) is 13.7. The number of hydrogen-bond donors (Lipinski definition) is 0. The molecule has 0 N–H and O–H groups in total. The molecule has 122 valence electrons. The van der Waals surface area contributed by atoms with Crippen LogP contribution in [-0.4, -0.2) is 36.2 Å². The minimum Gasteiger partial charge on any atom is -0.497 e. The summed E-state index contributed by atoms with van der Waals surface area (Å²) in [7, 11) is 1.57. The van der Waals surface area contributed by atoms with Crippen molar-refractivity contribution in [3.63, 3.8) is 0 Å². The summed E-state index contributed by atoms with van der Waals surface area (Å²) in [5.74, 6) is 0.104. The molecule has 1 heterocycles. The lowest BCUT2D eigenvalue weighted by molar-refractivity contribution is 0.0647. The number of benzene rings is 2. The summed E-state index contributed by atoms with van der Waals surface area (Å²) in [5.41, 5.74) is 1.46. The number of rotatable bonds is 6. The molecule has 3 rings (SSSR count). The van der Waals surface area contributed by atoms with E-state index >= 15 is 0 Å². The Morgan fingerprint density at radius 2 is 1.54 bits per heavy atom. The first kappa shape index (κ1) is 15.9. The first-order chi connectivity index (χ1) is 11.6. The number of carbonyl (C=O) groups excluding carboxylic acids is 3. The first-order valence-electron chi connectivity index (χ1n) is 7.74. The molecule has 0 spiro atoms. The number of ether oxygens (including phenoxy) is 1. The number of imide groups is 1. The number of hydrogen-bond acceptors (Lipinski definition) is 4. The van der Waals surface area contributed by atoms with Gasteiger partial charge >= 0.3 is 0 Å². The van der Waals surface area contributed by atoms with Crippen molar-refractivity contribution in [2.24, 2.45) is 0 Å². The Kier molecular flexibility index (Phi) is 4.42. The van der Waals surface area contributed by atoms with Gasteiger partial charge in [0.2, 0.25) is 0 Å². The van der Waals surface area contributed by atoms with Gasteiger partial charge < -0.3 is 4.74 Å². The molecule has 1 aliphatic rings. The number of Topliss-reactive ketones (excluding diaryl/α,β-unsaturated/α-hetero) is 1. The molecule has 0 aliphatic carbocycles. The number of methoxy groups -OCH3 is 1. The molecule has 2 amide bonds. The van der Waals surface area contributed by atoms with Crippen molar-refractivity contribution in [1.82, 2.24) is 4.90 Å².